The molecule has 2 atom stereocenters. The van der Waals surface area contributed by atoms with Gasteiger partial charge < -0.3 is 19.7 Å². The third kappa shape index (κ3) is 5.76. The smallest absolute Gasteiger partial charge is 0.317 e. The molecule has 0 unspecified atom stereocenters. The Bertz CT molecular complexity index is 332. The Labute approximate surface area is 134 Å². The van der Waals surface area contributed by atoms with Gasteiger partial charge in [-0.25, -0.2) is 4.79 Å². The summed E-state index contributed by atoms with van der Waals surface area (Å²) in [5.74, 6) is 0.604. The highest BCUT2D eigenvalue weighted by Crippen LogP contribution is 2.20. The van der Waals surface area contributed by atoms with Gasteiger partial charge >= 0.3 is 6.03 Å². The predicted octanol–water partition coefficient (Wildman–Crippen LogP) is 2.79. The van der Waals surface area contributed by atoms with Gasteiger partial charge in [-0.1, -0.05) is 13.3 Å². The van der Waals surface area contributed by atoms with Gasteiger partial charge in [-0.15, -0.1) is 0 Å². The van der Waals surface area contributed by atoms with Gasteiger partial charge in [0.15, 0.2) is 0 Å². The van der Waals surface area contributed by atoms with Gasteiger partial charge in [0, 0.05) is 39.0 Å². The molecule has 0 aromatic heterocycles. The van der Waals surface area contributed by atoms with E-state index >= 15 is 0 Å². The monoisotopic (exact) mass is 312 g/mol. The highest BCUT2D eigenvalue weighted by molar-refractivity contribution is 5.74. The molecule has 128 valence electrons. The lowest BCUT2D eigenvalue weighted by atomic mass is 10.1. The number of nitrogens with one attached hydrogen (secondary N) is 1. The lowest BCUT2D eigenvalue weighted by molar-refractivity contribution is -0.0321. The maximum Gasteiger partial charge on any atom is 0.317 e. The average Bonchev–Trinajstić information content (AvgIpc) is 2.69. The summed E-state index contributed by atoms with van der Waals surface area (Å²) in [6.45, 7) is 8.31. The van der Waals surface area contributed by atoms with Gasteiger partial charge in [0.2, 0.25) is 0 Å². The highest BCUT2D eigenvalue weighted by Gasteiger charge is 2.24. The summed E-state index contributed by atoms with van der Waals surface area (Å²) in [6.07, 6.45) is 6.78. The number of urea groups is 1. The molecule has 0 aromatic carbocycles. The quantitative estimate of drug-likeness (QED) is 0.794. The number of ether oxygens (including phenoxy) is 2. The number of carbonyl (C=O) groups is 1. The molecule has 0 aliphatic carbocycles. The molecule has 2 heterocycles. The number of hydrogen-bond donors (Lipinski definition) is 1. The molecule has 2 aliphatic rings. The van der Waals surface area contributed by atoms with Crippen LogP contribution in [0.2, 0.25) is 0 Å². The zero-order chi connectivity index (χ0) is 15.8. The summed E-state index contributed by atoms with van der Waals surface area (Å²) < 4.78 is 11.1. The van der Waals surface area contributed by atoms with E-state index in [1.165, 1.54) is 12.8 Å². The SMILES string of the molecule is C[C@@H]1CCC[C@@H](C)N(C(=O)NCCCOC2CCOCC2)C1. The first-order valence-corrected chi connectivity index (χ1v) is 8.90. The largest absolute Gasteiger partial charge is 0.381 e. The van der Waals surface area contributed by atoms with Gasteiger partial charge in [0.05, 0.1) is 6.10 Å². The van der Waals surface area contributed by atoms with E-state index in [0.29, 0.717) is 24.6 Å². The summed E-state index contributed by atoms with van der Waals surface area (Å²) in [4.78, 5) is 14.3. The summed E-state index contributed by atoms with van der Waals surface area (Å²) in [5.41, 5.74) is 0. The maximum absolute atomic E-state index is 12.3. The van der Waals surface area contributed by atoms with E-state index in [1.807, 2.05) is 4.90 Å². The van der Waals surface area contributed by atoms with Crippen molar-refractivity contribution in [3.05, 3.63) is 0 Å². The lowest BCUT2D eigenvalue weighted by Gasteiger charge is -2.29. The molecule has 2 amide bonds. The van der Waals surface area contributed by atoms with Crippen LogP contribution < -0.4 is 5.32 Å². The summed E-state index contributed by atoms with van der Waals surface area (Å²) in [7, 11) is 0. The van der Waals surface area contributed by atoms with Crippen molar-refractivity contribution in [1.29, 1.82) is 0 Å². The van der Waals surface area contributed by atoms with E-state index in [0.717, 1.165) is 52.0 Å². The molecule has 2 saturated heterocycles. The molecule has 0 spiro atoms. The molecule has 2 rings (SSSR count). The van der Waals surface area contributed by atoms with Crippen LogP contribution in [-0.2, 0) is 9.47 Å². The van der Waals surface area contributed by atoms with Crippen LogP contribution in [0.1, 0.15) is 52.4 Å². The Morgan fingerprint density at radius 1 is 1.23 bits per heavy atom. The topological polar surface area (TPSA) is 50.8 Å². The molecule has 0 radical (unpaired) electrons. The fourth-order valence-corrected chi connectivity index (χ4v) is 3.27. The normalized spacial score (nSPS) is 27.5. The molecule has 5 nitrogen and oxygen atoms in total. The minimum atomic E-state index is 0.0901. The van der Waals surface area contributed by atoms with Crippen molar-refractivity contribution < 1.29 is 14.3 Å². The highest BCUT2D eigenvalue weighted by atomic mass is 16.5. The number of amides is 2. The number of carbonyl (C=O) groups excluding carboxylic acids is 1. The number of likely N-dealkylation sites (tertiary alicyclic amines) is 1. The molecule has 2 fully saturated rings. The van der Waals surface area contributed by atoms with Crippen LogP contribution in [-0.4, -0.2) is 56.0 Å². The van der Waals surface area contributed by atoms with E-state index in [9.17, 15) is 4.79 Å². The Balaban J connectivity index is 1.60. The van der Waals surface area contributed by atoms with Gasteiger partial charge in [0.1, 0.15) is 0 Å². The zero-order valence-electron chi connectivity index (χ0n) is 14.2. The second-order valence-electron chi connectivity index (χ2n) is 6.81. The van der Waals surface area contributed by atoms with Gasteiger partial charge in [-0.3, -0.25) is 0 Å². The van der Waals surface area contributed by atoms with Crippen molar-refractivity contribution in [3.63, 3.8) is 0 Å². The number of rotatable bonds is 5. The third-order valence-corrected chi connectivity index (χ3v) is 4.74. The molecule has 22 heavy (non-hydrogen) atoms. The summed E-state index contributed by atoms with van der Waals surface area (Å²) >= 11 is 0. The summed E-state index contributed by atoms with van der Waals surface area (Å²) in [6, 6.07) is 0.441. The van der Waals surface area contributed by atoms with E-state index in [4.69, 9.17) is 9.47 Å². The van der Waals surface area contributed by atoms with Crippen molar-refractivity contribution in [2.24, 2.45) is 5.92 Å². The molecule has 0 aromatic rings. The number of hydrogen-bond acceptors (Lipinski definition) is 3. The third-order valence-electron chi connectivity index (χ3n) is 4.74. The van der Waals surface area contributed by atoms with Crippen molar-refractivity contribution in [1.82, 2.24) is 10.2 Å². The fraction of sp³-hybridized carbons (Fsp3) is 0.941. The molecular weight excluding hydrogens is 280 g/mol. The molecule has 1 N–H and O–H groups in total. The first-order valence-electron chi connectivity index (χ1n) is 8.90. The Hall–Kier alpha value is -0.810. The van der Waals surface area contributed by atoms with Crippen LogP contribution in [0.25, 0.3) is 0 Å². The van der Waals surface area contributed by atoms with Crippen LogP contribution in [0, 0.1) is 5.92 Å². The first-order chi connectivity index (χ1) is 10.7. The first kappa shape index (κ1) is 17.5. The van der Waals surface area contributed by atoms with Crippen molar-refractivity contribution in [3.8, 4) is 0 Å². The molecule has 2 aliphatic heterocycles. The van der Waals surface area contributed by atoms with Crippen LogP contribution >= 0.6 is 0 Å². The van der Waals surface area contributed by atoms with Crippen LogP contribution in [0.3, 0.4) is 0 Å². The van der Waals surface area contributed by atoms with E-state index in [1.54, 1.807) is 0 Å². The van der Waals surface area contributed by atoms with Gasteiger partial charge in [-0.05, 0) is 44.9 Å². The Morgan fingerprint density at radius 2 is 2.00 bits per heavy atom. The van der Waals surface area contributed by atoms with Crippen molar-refractivity contribution in [2.75, 3.05) is 32.9 Å². The van der Waals surface area contributed by atoms with Crippen molar-refractivity contribution in [2.45, 2.75) is 64.5 Å². The molecule has 0 bridgehead atoms. The number of nitrogens with zero attached hydrogens (tertiary/aromatic N) is 1. The molecular formula is C17H32N2O3. The van der Waals surface area contributed by atoms with E-state index < -0.39 is 0 Å². The van der Waals surface area contributed by atoms with Crippen LogP contribution in [0.5, 0.6) is 0 Å². The molecule has 5 heteroatoms. The molecule has 0 saturated carbocycles. The predicted molar refractivity (Wildman–Crippen MR) is 87.0 cm³/mol. The standard InChI is InChI=1S/C17H32N2O3/c1-14-5-3-6-15(2)19(13-14)17(20)18-9-4-10-22-16-7-11-21-12-8-16/h14-16H,3-13H2,1-2H3,(H,18,20)/t14-,15-/m1/s1. The van der Waals surface area contributed by atoms with Crippen LogP contribution in [0.4, 0.5) is 4.79 Å². The second-order valence-corrected chi connectivity index (χ2v) is 6.81. The van der Waals surface area contributed by atoms with Crippen molar-refractivity contribution >= 4 is 6.03 Å². The van der Waals surface area contributed by atoms with E-state index in [2.05, 4.69) is 19.2 Å². The van der Waals surface area contributed by atoms with E-state index in [-0.39, 0.29) is 6.03 Å². The lowest BCUT2D eigenvalue weighted by Crippen LogP contribution is -2.46. The summed E-state index contributed by atoms with van der Waals surface area (Å²) in [5, 5.41) is 3.05. The fourth-order valence-electron chi connectivity index (χ4n) is 3.27. The van der Waals surface area contributed by atoms with Crippen LogP contribution in [0.15, 0.2) is 0 Å². The zero-order valence-corrected chi connectivity index (χ0v) is 14.2. The Kier molecular flexibility index (Phi) is 7.46. The van der Waals surface area contributed by atoms with Gasteiger partial charge in [-0.2, -0.15) is 0 Å². The maximum atomic E-state index is 12.3. The minimum Gasteiger partial charge on any atom is -0.381 e. The average molecular weight is 312 g/mol. The second kappa shape index (κ2) is 9.36. The van der Waals surface area contributed by atoms with Gasteiger partial charge in [0.25, 0.3) is 0 Å². The Morgan fingerprint density at radius 3 is 2.77 bits per heavy atom. The minimum absolute atomic E-state index is 0.0901.